The van der Waals surface area contributed by atoms with Gasteiger partial charge in [-0.1, -0.05) is 105 Å². The number of hydrogen-bond donors (Lipinski definition) is 1. The predicted molar refractivity (Wildman–Crippen MR) is 141 cm³/mol. The Morgan fingerprint density at radius 3 is 2.06 bits per heavy atom. The number of unbranched alkanes of at least 4 members (excludes halogenated alkanes) is 11. The van der Waals surface area contributed by atoms with Crippen molar-refractivity contribution in [3.8, 4) is 0 Å². The maximum Gasteiger partial charge on any atom is 0.328 e. The van der Waals surface area contributed by atoms with Gasteiger partial charge in [0.15, 0.2) is 0 Å². The molecule has 1 saturated heterocycles. The largest absolute Gasteiger partial charge is 0.462 e. The Hall–Kier alpha value is -1.59. The van der Waals surface area contributed by atoms with Gasteiger partial charge in [-0.2, -0.15) is 0 Å². The van der Waals surface area contributed by atoms with E-state index in [4.69, 9.17) is 9.47 Å². The van der Waals surface area contributed by atoms with Crippen LogP contribution in [0.3, 0.4) is 0 Å². The van der Waals surface area contributed by atoms with Crippen LogP contribution in [-0.2, 0) is 23.9 Å². The standard InChI is InChI=1S/C29H53NO5/c1-5-7-9-11-12-13-14-15-16-18-24-21-27(25(28(32)34-24)19-17-10-8-6-2)35-29(33)26(30-22-31)20-23(3)4/h22-27H,5-21H2,1-4H3,(H,30,31)/t24-,25+,26+,27+/m1/s1. The van der Waals surface area contributed by atoms with E-state index < -0.39 is 24.0 Å². The van der Waals surface area contributed by atoms with E-state index in [2.05, 4.69) is 19.2 Å². The van der Waals surface area contributed by atoms with Crippen molar-refractivity contribution in [2.45, 2.75) is 155 Å². The topological polar surface area (TPSA) is 81.7 Å². The van der Waals surface area contributed by atoms with Crippen molar-refractivity contribution in [2.24, 2.45) is 11.8 Å². The van der Waals surface area contributed by atoms with Gasteiger partial charge in [-0.3, -0.25) is 9.59 Å². The second-order valence-electron chi connectivity index (χ2n) is 10.8. The lowest BCUT2D eigenvalue weighted by Gasteiger charge is -2.35. The van der Waals surface area contributed by atoms with E-state index in [0.29, 0.717) is 25.7 Å². The summed E-state index contributed by atoms with van der Waals surface area (Å²) in [5.74, 6) is -0.840. The molecule has 1 rings (SSSR count). The van der Waals surface area contributed by atoms with E-state index in [9.17, 15) is 14.4 Å². The van der Waals surface area contributed by atoms with Crippen molar-refractivity contribution in [1.29, 1.82) is 0 Å². The molecule has 0 radical (unpaired) electrons. The van der Waals surface area contributed by atoms with E-state index in [1.165, 1.54) is 44.9 Å². The monoisotopic (exact) mass is 495 g/mol. The van der Waals surface area contributed by atoms with Gasteiger partial charge in [0, 0.05) is 6.42 Å². The van der Waals surface area contributed by atoms with Crippen LogP contribution in [0, 0.1) is 11.8 Å². The molecule has 1 aliphatic heterocycles. The van der Waals surface area contributed by atoms with E-state index >= 15 is 0 Å². The fourth-order valence-corrected chi connectivity index (χ4v) is 4.98. The molecule has 0 aromatic rings. The minimum Gasteiger partial charge on any atom is -0.462 e. The van der Waals surface area contributed by atoms with Gasteiger partial charge in [0.1, 0.15) is 18.2 Å². The van der Waals surface area contributed by atoms with Crippen LogP contribution in [0.25, 0.3) is 0 Å². The fraction of sp³-hybridized carbons (Fsp3) is 0.897. The lowest BCUT2D eigenvalue weighted by molar-refractivity contribution is -0.181. The molecule has 1 N–H and O–H groups in total. The zero-order valence-corrected chi connectivity index (χ0v) is 23.0. The zero-order chi connectivity index (χ0) is 25.9. The summed E-state index contributed by atoms with van der Waals surface area (Å²) >= 11 is 0. The molecule has 1 fully saturated rings. The Balaban J connectivity index is 2.61. The lowest BCUT2D eigenvalue weighted by Crippen LogP contribution is -2.47. The molecule has 35 heavy (non-hydrogen) atoms. The van der Waals surface area contributed by atoms with E-state index in [1.807, 2.05) is 13.8 Å². The average Bonchev–Trinajstić information content (AvgIpc) is 2.81. The third-order valence-electron chi connectivity index (χ3n) is 7.06. The molecule has 6 nitrogen and oxygen atoms in total. The smallest absolute Gasteiger partial charge is 0.328 e. The molecule has 0 unspecified atom stereocenters. The highest BCUT2D eigenvalue weighted by Gasteiger charge is 2.41. The molecule has 1 aliphatic rings. The minimum atomic E-state index is -0.679. The van der Waals surface area contributed by atoms with Gasteiger partial charge < -0.3 is 14.8 Å². The molecule has 1 amide bonds. The summed E-state index contributed by atoms with van der Waals surface area (Å²) in [6, 6.07) is -0.679. The second kappa shape index (κ2) is 19.6. The Labute approximate surface area is 214 Å². The van der Waals surface area contributed by atoms with Crippen molar-refractivity contribution in [3.05, 3.63) is 0 Å². The van der Waals surface area contributed by atoms with E-state index in [-0.39, 0.29) is 18.0 Å². The molecule has 204 valence electrons. The van der Waals surface area contributed by atoms with Crippen LogP contribution >= 0.6 is 0 Å². The van der Waals surface area contributed by atoms with Crippen LogP contribution in [0.4, 0.5) is 0 Å². The number of esters is 2. The lowest BCUT2D eigenvalue weighted by atomic mass is 9.87. The van der Waals surface area contributed by atoms with Gasteiger partial charge in [-0.15, -0.1) is 0 Å². The van der Waals surface area contributed by atoms with Gasteiger partial charge in [0.2, 0.25) is 6.41 Å². The van der Waals surface area contributed by atoms with Gasteiger partial charge in [0.25, 0.3) is 0 Å². The maximum absolute atomic E-state index is 12.9. The predicted octanol–water partition coefficient (Wildman–Crippen LogP) is 6.88. The van der Waals surface area contributed by atoms with Gasteiger partial charge in [-0.05, 0) is 31.6 Å². The Bertz CT molecular complexity index is 579. The van der Waals surface area contributed by atoms with E-state index in [0.717, 1.165) is 44.9 Å². The normalized spacial score (nSPS) is 20.9. The van der Waals surface area contributed by atoms with Crippen molar-refractivity contribution in [2.75, 3.05) is 0 Å². The molecule has 0 bridgehead atoms. The summed E-state index contributed by atoms with van der Waals surface area (Å²) in [4.78, 5) is 36.8. The van der Waals surface area contributed by atoms with Crippen molar-refractivity contribution in [3.63, 3.8) is 0 Å². The van der Waals surface area contributed by atoms with Crippen molar-refractivity contribution >= 4 is 18.3 Å². The van der Waals surface area contributed by atoms with Crippen LogP contribution < -0.4 is 5.32 Å². The maximum atomic E-state index is 12.9. The fourth-order valence-electron chi connectivity index (χ4n) is 4.98. The first-order chi connectivity index (χ1) is 16.9. The number of amides is 1. The van der Waals surface area contributed by atoms with Gasteiger partial charge >= 0.3 is 11.9 Å². The van der Waals surface area contributed by atoms with Crippen LogP contribution in [0.1, 0.15) is 137 Å². The number of nitrogens with one attached hydrogen (secondary N) is 1. The number of carbonyl (C=O) groups excluding carboxylic acids is 3. The number of hydrogen-bond acceptors (Lipinski definition) is 5. The molecular weight excluding hydrogens is 442 g/mol. The zero-order valence-electron chi connectivity index (χ0n) is 23.0. The third-order valence-corrected chi connectivity index (χ3v) is 7.06. The summed E-state index contributed by atoms with van der Waals surface area (Å²) in [5, 5.41) is 2.60. The number of carbonyl (C=O) groups is 3. The Morgan fingerprint density at radius 1 is 0.943 bits per heavy atom. The van der Waals surface area contributed by atoms with Crippen molar-refractivity contribution < 1.29 is 23.9 Å². The molecule has 6 heteroatoms. The number of cyclic esters (lactones) is 1. The first-order valence-electron chi connectivity index (χ1n) is 14.5. The summed E-state index contributed by atoms with van der Waals surface area (Å²) in [6.45, 7) is 8.40. The average molecular weight is 496 g/mol. The van der Waals surface area contributed by atoms with Crippen LogP contribution in [-0.4, -0.2) is 36.6 Å². The second-order valence-corrected chi connectivity index (χ2v) is 10.8. The Kier molecular flexibility index (Phi) is 17.6. The van der Waals surface area contributed by atoms with Crippen LogP contribution in [0.5, 0.6) is 0 Å². The quantitative estimate of drug-likeness (QED) is 0.107. The summed E-state index contributed by atoms with van der Waals surface area (Å²) in [6.07, 6.45) is 18.0. The summed E-state index contributed by atoms with van der Waals surface area (Å²) < 4.78 is 11.7. The Morgan fingerprint density at radius 2 is 1.49 bits per heavy atom. The molecule has 0 aliphatic carbocycles. The van der Waals surface area contributed by atoms with Gasteiger partial charge in [0.05, 0.1) is 5.92 Å². The molecule has 0 aromatic carbocycles. The molecule has 0 saturated carbocycles. The minimum absolute atomic E-state index is 0.195. The molecule has 4 atom stereocenters. The van der Waals surface area contributed by atoms with Gasteiger partial charge in [-0.25, -0.2) is 4.79 Å². The molecular formula is C29H53NO5. The number of rotatable bonds is 21. The van der Waals surface area contributed by atoms with Crippen molar-refractivity contribution in [1.82, 2.24) is 5.32 Å². The van der Waals surface area contributed by atoms with E-state index in [1.54, 1.807) is 0 Å². The first-order valence-corrected chi connectivity index (χ1v) is 14.5. The SMILES string of the molecule is CCCCCCCCCCC[C@@H]1C[C@H](OC(=O)[C@H](CC(C)C)NC=O)[C@H](CCCCCC)C(=O)O1. The number of ether oxygens (including phenoxy) is 2. The third kappa shape index (κ3) is 13.9. The molecule has 1 heterocycles. The highest BCUT2D eigenvalue weighted by Crippen LogP contribution is 2.31. The first kappa shape index (κ1) is 31.4. The molecule has 0 spiro atoms. The van der Waals surface area contributed by atoms with Crippen LogP contribution in [0.2, 0.25) is 0 Å². The highest BCUT2D eigenvalue weighted by atomic mass is 16.6. The highest BCUT2D eigenvalue weighted by molar-refractivity contribution is 5.79. The van der Waals surface area contributed by atoms with Crippen LogP contribution in [0.15, 0.2) is 0 Å². The molecule has 0 aromatic heterocycles. The summed E-state index contributed by atoms with van der Waals surface area (Å²) in [5.41, 5.74) is 0. The summed E-state index contributed by atoms with van der Waals surface area (Å²) in [7, 11) is 0.